The fourth-order valence-electron chi connectivity index (χ4n) is 4.03. The van der Waals surface area contributed by atoms with Crippen LogP contribution in [0.1, 0.15) is 0 Å². The van der Waals surface area contributed by atoms with Crippen molar-refractivity contribution in [2.24, 2.45) is 0 Å². The van der Waals surface area contributed by atoms with Crippen LogP contribution in [0.15, 0.2) is 27.4 Å². The predicted octanol–water partition coefficient (Wildman–Crippen LogP) is 0.00130. The molecule has 2 aromatic carbocycles. The molecule has 5 rings (SSSR count). The summed E-state index contributed by atoms with van der Waals surface area (Å²) in [5, 5.41) is 39.6. The van der Waals surface area contributed by atoms with Gasteiger partial charge in [-0.1, -0.05) is 0 Å². The average Bonchev–Trinajstić information content (AvgIpc) is 3.28. The number of ether oxygens (including phenoxy) is 5. The van der Waals surface area contributed by atoms with Crippen molar-refractivity contribution in [2.45, 2.75) is 30.7 Å². The number of rotatable bonds is 4. The highest BCUT2D eigenvalue weighted by Gasteiger charge is 2.45. The van der Waals surface area contributed by atoms with Crippen LogP contribution in [-0.4, -0.2) is 71.6 Å². The molecular weight excluding hydrogens is 447 g/mol. The molecule has 5 atom stereocenters. The SMILES string of the molecule is COc1c(O[C@@H]2O[C@H](CO)[C@@H](O)[C@H](O)[C@H]2O)cc(F)c2c1oc(=O)c1ccc3c(c12)OCO3. The topological polar surface area (TPSA) is 157 Å². The minimum absolute atomic E-state index is 0.0651. The zero-order valence-electron chi connectivity index (χ0n) is 17.1. The zero-order valence-corrected chi connectivity index (χ0v) is 17.1. The van der Waals surface area contributed by atoms with Crippen molar-refractivity contribution in [3.05, 3.63) is 34.4 Å². The van der Waals surface area contributed by atoms with Crippen LogP contribution in [0.5, 0.6) is 23.0 Å². The summed E-state index contributed by atoms with van der Waals surface area (Å²) in [6.07, 6.45) is -7.91. The summed E-state index contributed by atoms with van der Waals surface area (Å²) in [4.78, 5) is 12.7. The van der Waals surface area contributed by atoms with Crippen LogP contribution in [0.3, 0.4) is 0 Å². The number of benzene rings is 2. The molecule has 0 spiro atoms. The molecule has 2 aliphatic heterocycles. The third kappa shape index (κ3) is 3.26. The van der Waals surface area contributed by atoms with Gasteiger partial charge in [-0.15, -0.1) is 0 Å². The first-order valence-corrected chi connectivity index (χ1v) is 9.88. The smallest absolute Gasteiger partial charge is 0.344 e. The minimum Gasteiger partial charge on any atom is -0.490 e. The number of aliphatic hydroxyl groups excluding tert-OH is 4. The van der Waals surface area contributed by atoms with Gasteiger partial charge in [0.15, 0.2) is 22.8 Å². The highest BCUT2D eigenvalue weighted by Crippen LogP contribution is 2.46. The lowest BCUT2D eigenvalue weighted by molar-refractivity contribution is -0.277. The third-order valence-electron chi connectivity index (χ3n) is 5.65. The van der Waals surface area contributed by atoms with Crippen LogP contribution in [0.2, 0.25) is 0 Å². The molecule has 0 saturated carbocycles. The maximum Gasteiger partial charge on any atom is 0.344 e. The molecule has 176 valence electrons. The fourth-order valence-corrected chi connectivity index (χ4v) is 4.03. The molecule has 0 amide bonds. The van der Waals surface area contributed by atoms with Gasteiger partial charge in [-0.3, -0.25) is 0 Å². The summed E-state index contributed by atoms with van der Waals surface area (Å²) in [7, 11) is 1.23. The summed E-state index contributed by atoms with van der Waals surface area (Å²) in [6.45, 7) is -0.782. The Labute approximate surface area is 184 Å². The lowest BCUT2D eigenvalue weighted by Gasteiger charge is -2.39. The van der Waals surface area contributed by atoms with Crippen LogP contribution in [0.4, 0.5) is 4.39 Å². The van der Waals surface area contributed by atoms with Crippen molar-refractivity contribution in [1.29, 1.82) is 0 Å². The molecule has 3 aromatic rings. The lowest BCUT2D eigenvalue weighted by atomic mass is 9.99. The van der Waals surface area contributed by atoms with Crippen LogP contribution in [0.25, 0.3) is 21.7 Å². The molecular formula is C21H19FO11. The first-order valence-electron chi connectivity index (χ1n) is 9.88. The van der Waals surface area contributed by atoms with Gasteiger partial charge in [0.05, 0.1) is 24.5 Å². The molecule has 0 unspecified atom stereocenters. The van der Waals surface area contributed by atoms with Gasteiger partial charge in [0, 0.05) is 11.5 Å². The van der Waals surface area contributed by atoms with Crippen LogP contribution < -0.4 is 24.6 Å². The zero-order chi connectivity index (χ0) is 23.4. The van der Waals surface area contributed by atoms with Gasteiger partial charge in [0.25, 0.3) is 0 Å². The van der Waals surface area contributed by atoms with E-state index in [1.165, 1.54) is 19.2 Å². The standard InChI is InChI=1S/C21H19FO11/c1-28-18-10(31-21-16(26)15(25)14(24)11(5-23)32-21)4-8(22)13-12-7(20(27)33-19(13)18)2-3-9-17(12)30-6-29-9/h2-4,11,14-16,21,23-26H,5-6H2,1H3/t11-,14-,15+,16-,21-/m1/s1. The second-order valence-corrected chi connectivity index (χ2v) is 7.52. The molecule has 0 radical (unpaired) electrons. The molecule has 33 heavy (non-hydrogen) atoms. The van der Waals surface area contributed by atoms with Gasteiger partial charge >= 0.3 is 5.63 Å². The van der Waals surface area contributed by atoms with Crippen molar-refractivity contribution in [2.75, 3.05) is 20.5 Å². The van der Waals surface area contributed by atoms with Gasteiger partial charge in [-0.05, 0) is 12.1 Å². The Balaban J connectivity index is 1.68. The molecule has 11 nitrogen and oxygen atoms in total. The van der Waals surface area contributed by atoms with E-state index < -0.39 is 48.8 Å². The quantitative estimate of drug-likeness (QED) is 0.303. The number of hydrogen-bond acceptors (Lipinski definition) is 11. The van der Waals surface area contributed by atoms with Crippen molar-refractivity contribution in [1.82, 2.24) is 0 Å². The first kappa shape index (κ1) is 21.7. The van der Waals surface area contributed by atoms with Crippen LogP contribution >= 0.6 is 0 Å². The maximum atomic E-state index is 15.4. The van der Waals surface area contributed by atoms with E-state index in [4.69, 9.17) is 28.1 Å². The number of halogens is 1. The largest absolute Gasteiger partial charge is 0.490 e. The molecule has 1 fully saturated rings. The summed E-state index contributed by atoms with van der Waals surface area (Å²) >= 11 is 0. The summed E-state index contributed by atoms with van der Waals surface area (Å²) in [5.41, 5.74) is -1.09. The van der Waals surface area contributed by atoms with Crippen molar-refractivity contribution >= 4 is 21.7 Å². The number of aliphatic hydroxyl groups is 4. The second-order valence-electron chi connectivity index (χ2n) is 7.52. The Morgan fingerprint density at radius 3 is 2.64 bits per heavy atom. The van der Waals surface area contributed by atoms with Gasteiger partial charge in [0.1, 0.15) is 30.2 Å². The normalized spacial score (nSPS) is 26.7. The fraction of sp³-hybridized carbons (Fsp3) is 0.381. The molecule has 0 aliphatic carbocycles. The molecule has 2 aliphatic rings. The summed E-state index contributed by atoms with van der Waals surface area (Å²) in [6, 6.07) is 3.87. The van der Waals surface area contributed by atoms with Crippen molar-refractivity contribution in [3.63, 3.8) is 0 Å². The van der Waals surface area contributed by atoms with Crippen molar-refractivity contribution in [3.8, 4) is 23.0 Å². The van der Waals surface area contributed by atoms with E-state index in [9.17, 15) is 25.2 Å². The molecule has 12 heteroatoms. The number of hydrogen-bond donors (Lipinski definition) is 4. The molecule has 3 heterocycles. The first-order chi connectivity index (χ1) is 15.8. The Bertz CT molecular complexity index is 1290. The molecule has 1 aromatic heterocycles. The van der Waals surface area contributed by atoms with Gasteiger partial charge in [-0.25, -0.2) is 9.18 Å². The average molecular weight is 466 g/mol. The Morgan fingerprint density at radius 2 is 1.91 bits per heavy atom. The van der Waals surface area contributed by atoms with E-state index in [0.717, 1.165) is 6.07 Å². The Kier molecular flexibility index (Phi) is 5.26. The van der Waals surface area contributed by atoms with Gasteiger partial charge < -0.3 is 48.5 Å². The van der Waals surface area contributed by atoms with Crippen molar-refractivity contribution < 1.29 is 52.9 Å². The lowest BCUT2D eigenvalue weighted by Crippen LogP contribution is -2.60. The molecule has 4 N–H and O–H groups in total. The van der Waals surface area contributed by atoms with E-state index in [0.29, 0.717) is 5.75 Å². The Morgan fingerprint density at radius 1 is 1.12 bits per heavy atom. The molecule has 1 saturated heterocycles. The Hall–Kier alpha value is -3.16. The summed E-state index contributed by atoms with van der Waals surface area (Å²) in [5.74, 6) is -0.885. The highest BCUT2D eigenvalue weighted by atomic mass is 19.1. The van der Waals surface area contributed by atoms with E-state index in [1.54, 1.807) is 0 Å². The monoisotopic (exact) mass is 466 g/mol. The third-order valence-corrected chi connectivity index (χ3v) is 5.65. The molecule has 0 bridgehead atoms. The van der Waals surface area contributed by atoms with E-state index in [1.807, 2.05) is 0 Å². The van der Waals surface area contributed by atoms with Crippen LogP contribution in [0, 0.1) is 5.82 Å². The van der Waals surface area contributed by atoms with E-state index in [-0.39, 0.29) is 45.8 Å². The highest BCUT2D eigenvalue weighted by molar-refractivity contribution is 6.11. The van der Waals surface area contributed by atoms with Gasteiger partial charge in [0.2, 0.25) is 18.8 Å². The van der Waals surface area contributed by atoms with E-state index in [2.05, 4.69) is 0 Å². The number of methoxy groups -OCH3 is 1. The minimum atomic E-state index is -1.75. The maximum absolute atomic E-state index is 15.4. The second kappa shape index (κ2) is 8.01. The predicted molar refractivity (Wildman–Crippen MR) is 107 cm³/mol. The van der Waals surface area contributed by atoms with Gasteiger partial charge in [-0.2, -0.15) is 0 Å². The summed E-state index contributed by atoms with van der Waals surface area (Å²) < 4.78 is 47.7. The van der Waals surface area contributed by atoms with E-state index >= 15 is 4.39 Å². The number of fused-ring (bicyclic) bond motifs is 5. The van der Waals surface area contributed by atoms with Crippen LogP contribution in [-0.2, 0) is 4.74 Å².